The number of aromatic carboxylic acids is 1. The molecule has 90 valence electrons. The molecule has 0 aliphatic carbocycles. The lowest BCUT2D eigenvalue weighted by Crippen LogP contribution is -2.02. The van der Waals surface area contributed by atoms with Crippen LogP contribution in [0.2, 0.25) is 0 Å². The maximum atomic E-state index is 11.1. The van der Waals surface area contributed by atoms with Crippen LogP contribution in [0.4, 0.5) is 0 Å². The molecule has 0 saturated heterocycles. The molecular formula is C11H8N4O2S. The number of fused-ring (bicyclic) bond motifs is 1. The summed E-state index contributed by atoms with van der Waals surface area (Å²) in [6, 6.07) is 5.01. The summed E-state index contributed by atoms with van der Waals surface area (Å²) >= 11 is 1.51. The number of thiazole rings is 1. The van der Waals surface area contributed by atoms with Crippen molar-refractivity contribution in [2.24, 2.45) is 0 Å². The van der Waals surface area contributed by atoms with Crippen LogP contribution in [0, 0.1) is 0 Å². The minimum absolute atomic E-state index is 0.164. The number of hydrogen-bond donors (Lipinski definition) is 1. The largest absolute Gasteiger partial charge is 0.478 e. The summed E-state index contributed by atoms with van der Waals surface area (Å²) in [5.41, 5.74) is 3.89. The first-order valence-corrected chi connectivity index (χ1v) is 6.12. The Balaban J connectivity index is 2.09. The van der Waals surface area contributed by atoms with Gasteiger partial charge in [0, 0.05) is 5.38 Å². The number of carboxylic acid groups (broad SMARTS) is 1. The van der Waals surface area contributed by atoms with Gasteiger partial charge < -0.3 is 5.11 Å². The summed E-state index contributed by atoms with van der Waals surface area (Å²) < 4.78 is 1.65. The van der Waals surface area contributed by atoms with Gasteiger partial charge in [0.15, 0.2) is 0 Å². The number of benzene rings is 1. The minimum atomic E-state index is -0.999. The molecule has 2 aromatic heterocycles. The second kappa shape index (κ2) is 4.19. The van der Waals surface area contributed by atoms with Gasteiger partial charge in [0.05, 0.1) is 28.8 Å². The van der Waals surface area contributed by atoms with Gasteiger partial charge in [0.25, 0.3) is 0 Å². The number of rotatable bonds is 3. The van der Waals surface area contributed by atoms with Crippen molar-refractivity contribution < 1.29 is 9.90 Å². The first kappa shape index (κ1) is 10.8. The lowest BCUT2D eigenvalue weighted by molar-refractivity contribution is 0.0699. The molecule has 2 heterocycles. The fraction of sp³-hybridized carbons (Fsp3) is 0.0909. The van der Waals surface area contributed by atoms with Crippen LogP contribution in [-0.4, -0.2) is 31.1 Å². The van der Waals surface area contributed by atoms with Crippen LogP contribution in [0.25, 0.3) is 11.0 Å². The Labute approximate surface area is 106 Å². The zero-order valence-electron chi connectivity index (χ0n) is 9.15. The summed E-state index contributed by atoms with van der Waals surface area (Å²) in [6.45, 7) is 0.489. The fourth-order valence-electron chi connectivity index (χ4n) is 1.75. The molecule has 0 radical (unpaired) electrons. The van der Waals surface area contributed by atoms with E-state index in [2.05, 4.69) is 15.3 Å². The molecule has 1 N–H and O–H groups in total. The van der Waals surface area contributed by atoms with Gasteiger partial charge in [-0.1, -0.05) is 11.3 Å². The summed E-state index contributed by atoms with van der Waals surface area (Å²) in [5.74, 6) is -0.999. The van der Waals surface area contributed by atoms with Crippen molar-refractivity contribution in [3.8, 4) is 0 Å². The highest BCUT2D eigenvalue weighted by atomic mass is 32.1. The molecule has 3 rings (SSSR count). The molecule has 3 aromatic rings. The molecule has 18 heavy (non-hydrogen) atoms. The number of carbonyl (C=O) groups is 1. The Bertz CT molecular complexity index is 705. The molecule has 0 bridgehead atoms. The molecule has 0 aliphatic heterocycles. The van der Waals surface area contributed by atoms with Crippen LogP contribution in [0.1, 0.15) is 16.1 Å². The van der Waals surface area contributed by atoms with Gasteiger partial charge >= 0.3 is 5.97 Å². The summed E-state index contributed by atoms with van der Waals surface area (Å²) in [7, 11) is 0. The predicted molar refractivity (Wildman–Crippen MR) is 65.7 cm³/mol. The lowest BCUT2D eigenvalue weighted by atomic mass is 10.2. The molecule has 0 saturated carbocycles. The highest BCUT2D eigenvalue weighted by Gasteiger charge is 2.13. The standard InChI is InChI=1S/C11H8N4O2S/c16-11(17)8-2-1-3-9-10(8)13-14-15(9)4-7-5-18-6-12-7/h1-3,5-6H,4H2,(H,16,17). The Kier molecular flexibility index (Phi) is 2.52. The zero-order chi connectivity index (χ0) is 12.5. The number of aromatic nitrogens is 4. The Morgan fingerprint density at radius 1 is 1.44 bits per heavy atom. The molecule has 0 spiro atoms. The number of carboxylic acids is 1. The van der Waals surface area contributed by atoms with Gasteiger partial charge in [0.1, 0.15) is 5.52 Å². The van der Waals surface area contributed by atoms with E-state index in [0.717, 1.165) is 5.69 Å². The first-order chi connectivity index (χ1) is 8.75. The fourth-order valence-corrected chi connectivity index (χ4v) is 2.30. The molecule has 0 atom stereocenters. The van der Waals surface area contributed by atoms with Gasteiger partial charge in [-0.05, 0) is 12.1 Å². The molecule has 6 nitrogen and oxygen atoms in total. The highest BCUT2D eigenvalue weighted by molar-refractivity contribution is 7.07. The third-order valence-electron chi connectivity index (χ3n) is 2.57. The molecule has 0 amide bonds. The van der Waals surface area contributed by atoms with E-state index in [0.29, 0.717) is 17.6 Å². The van der Waals surface area contributed by atoms with E-state index < -0.39 is 5.97 Å². The molecule has 0 aliphatic rings. The van der Waals surface area contributed by atoms with Crippen LogP contribution in [0.5, 0.6) is 0 Å². The van der Waals surface area contributed by atoms with E-state index in [9.17, 15) is 4.79 Å². The topological polar surface area (TPSA) is 80.9 Å². The van der Waals surface area contributed by atoms with Crippen molar-refractivity contribution in [1.29, 1.82) is 0 Å². The summed E-state index contributed by atoms with van der Waals surface area (Å²) in [6.07, 6.45) is 0. The molecular weight excluding hydrogens is 252 g/mol. The average molecular weight is 260 g/mol. The second-order valence-electron chi connectivity index (χ2n) is 3.71. The molecule has 7 heteroatoms. The van der Waals surface area contributed by atoms with E-state index >= 15 is 0 Å². The predicted octanol–water partition coefficient (Wildman–Crippen LogP) is 1.63. The molecule has 1 aromatic carbocycles. The summed E-state index contributed by atoms with van der Waals surface area (Å²) in [5, 5.41) is 18.9. The third kappa shape index (κ3) is 1.74. The van der Waals surface area contributed by atoms with Gasteiger partial charge in [-0.2, -0.15) is 0 Å². The lowest BCUT2D eigenvalue weighted by Gasteiger charge is -1.99. The molecule has 0 fully saturated rings. The number of nitrogens with zero attached hydrogens (tertiary/aromatic N) is 4. The Morgan fingerprint density at radius 2 is 2.33 bits per heavy atom. The van der Waals surface area contributed by atoms with Crippen molar-refractivity contribution in [2.45, 2.75) is 6.54 Å². The van der Waals surface area contributed by atoms with E-state index in [1.807, 2.05) is 5.38 Å². The zero-order valence-corrected chi connectivity index (χ0v) is 9.96. The van der Waals surface area contributed by atoms with Crippen molar-refractivity contribution in [2.75, 3.05) is 0 Å². The van der Waals surface area contributed by atoms with Crippen molar-refractivity contribution >= 4 is 28.3 Å². The van der Waals surface area contributed by atoms with E-state index in [1.165, 1.54) is 17.4 Å². The maximum absolute atomic E-state index is 11.1. The minimum Gasteiger partial charge on any atom is -0.478 e. The third-order valence-corrected chi connectivity index (χ3v) is 3.21. The van der Waals surface area contributed by atoms with E-state index in [-0.39, 0.29) is 5.56 Å². The van der Waals surface area contributed by atoms with Crippen LogP contribution >= 0.6 is 11.3 Å². The van der Waals surface area contributed by atoms with Crippen LogP contribution in [-0.2, 0) is 6.54 Å². The van der Waals surface area contributed by atoms with Crippen molar-refractivity contribution in [3.63, 3.8) is 0 Å². The summed E-state index contributed by atoms with van der Waals surface area (Å²) in [4.78, 5) is 15.2. The van der Waals surface area contributed by atoms with Gasteiger partial charge in [-0.3, -0.25) is 0 Å². The Morgan fingerprint density at radius 3 is 3.06 bits per heavy atom. The van der Waals surface area contributed by atoms with Gasteiger partial charge in [-0.15, -0.1) is 16.4 Å². The normalized spacial score (nSPS) is 10.9. The van der Waals surface area contributed by atoms with E-state index in [4.69, 9.17) is 5.11 Å². The molecule has 0 unspecified atom stereocenters. The van der Waals surface area contributed by atoms with Crippen LogP contribution in [0.15, 0.2) is 29.1 Å². The number of hydrogen-bond acceptors (Lipinski definition) is 5. The van der Waals surface area contributed by atoms with Crippen molar-refractivity contribution in [1.82, 2.24) is 20.0 Å². The average Bonchev–Trinajstić information content (AvgIpc) is 2.99. The van der Waals surface area contributed by atoms with Crippen LogP contribution < -0.4 is 0 Å². The van der Waals surface area contributed by atoms with Gasteiger partial charge in [-0.25, -0.2) is 14.5 Å². The second-order valence-corrected chi connectivity index (χ2v) is 4.42. The highest BCUT2D eigenvalue weighted by Crippen LogP contribution is 2.17. The SMILES string of the molecule is O=C(O)c1cccc2c1nnn2Cc1cscn1. The van der Waals surface area contributed by atoms with Crippen LogP contribution in [0.3, 0.4) is 0 Å². The van der Waals surface area contributed by atoms with Gasteiger partial charge in [0.2, 0.25) is 0 Å². The van der Waals surface area contributed by atoms with E-state index in [1.54, 1.807) is 22.3 Å². The smallest absolute Gasteiger partial charge is 0.338 e. The first-order valence-electron chi connectivity index (χ1n) is 5.18. The Hall–Kier alpha value is -2.28. The maximum Gasteiger partial charge on any atom is 0.338 e. The van der Waals surface area contributed by atoms with Crippen molar-refractivity contribution in [3.05, 3.63) is 40.3 Å². The monoisotopic (exact) mass is 260 g/mol. The quantitative estimate of drug-likeness (QED) is 0.774.